The van der Waals surface area contributed by atoms with Crippen molar-refractivity contribution in [3.63, 3.8) is 0 Å². The molecule has 1 N–H and O–H groups in total. The Morgan fingerprint density at radius 3 is 2.60 bits per heavy atom. The first kappa shape index (κ1) is 27.9. The third-order valence-corrected chi connectivity index (χ3v) is 8.82. The molecule has 5 rings (SSSR count). The van der Waals surface area contributed by atoms with Crippen molar-refractivity contribution in [1.82, 2.24) is 14.7 Å². The zero-order valence-electron chi connectivity index (χ0n) is 23.8. The second-order valence-corrected chi connectivity index (χ2v) is 13.0. The Morgan fingerprint density at radius 2 is 1.98 bits per heavy atom. The number of fused-ring (bicyclic) bond motifs is 2. The monoisotopic (exact) mass is 549 g/mol. The summed E-state index contributed by atoms with van der Waals surface area (Å²) >= 11 is 0. The number of para-hydroxylation sites is 1. The molecule has 40 heavy (non-hydrogen) atoms. The molecule has 10 nitrogen and oxygen atoms in total. The maximum Gasteiger partial charge on any atom is 0.410 e. The number of rotatable bonds is 8. The van der Waals surface area contributed by atoms with Gasteiger partial charge in [-0.3, -0.25) is 19.3 Å². The molecule has 4 amide bonds. The van der Waals surface area contributed by atoms with Gasteiger partial charge in [0.15, 0.2) is 0 Å². The van der Waals surface area contributed by atoms with Crippen molar-refractivity contribution in [2.24, 2.45) is 11.3 Å². The molecule has 3 heterocycles. The predicted molar refractivity (Wildman–Crippen MR) is 147 cm³/mol. The molecule has 0 unspecified atom stereocenters. The number of ether oxygens (including phenoxy) is 1. The number of carbonyl (C=O) groups excluding carboxylic acids is 4. The first-order chi connectivity index (χ1) is 18.9. The second-order valence-electron chi connectivity index (χ2n) is 13.0. The normalized spacial score (nSPS) is 25.3. The van der Waals surface area contributed by atoms with Crippen LogP contribution >= 0.6 is 0 Å². The number of nitriles is 1. The summed E-state index contributed by atoms with van der Waals surface area (Å²) in [5, 5.41) is 13.0. The summed E-state index contributed by atoms with van der Waals surface area (Å²) in [7, 11) is 1.62. The number of nitrogens with one attached hydrogen (secondary N) is 1. The summed E-state index contributed by atoms with van der Waals surface area (Å²) in [4.78, 5) is 58.6. The molecule has 2 saturated heterocycles. The summed E-state index contributed by atoms with van der Waals surface area (Å²) in [6.45, 7) is 6.65. The smallest absolute Gasteiger partial charge is 0.410 e. The Bertz CT molecular complexity index is 1250. The van der Waals surface area contributed by atoms with E-state index in [9.17, 15) is 24.4 Å². The van der Waals surface area contributed by atoms with Crippen LogP contribution in [0.4, 0.5) is 10.5 Å². The van der Waals surface area contributed by atoms with E-state index >= 15 is 0 Å². The molecule has 1 aromatic carbocycles. The average molecular weight is 550 g/mol. The fourth-order valence-electron chi connectivity index (χ4n) is 6.44. The fourth-order valence-corrected chi connectivity index (χ4v) is 6.44. The van der Waals surface area contributed by atoms with Crippen LogP contribution in [-0.4, -0.2) is 83.4 Å². The summed E-state index contributed by atoms with van der Waals surface area (Å²) in [5.74, 6) is -0.289. The number of likely N-dealkylation sites (N-methyl/N-ethyl adjacent to an activating group) is 1. The number of anilines is 1. The summed E-state index contributed by atoms with van der Waals surface area (Å²) in [6, 6.07) is 7.26. The Labute approximate surface area is 235 Å². The van der Waals surface area contributed by atoms with Gasteiger partial charge < -0.3 is 19.9 Å². The van der Waals surface area contributed by atoms with Gasteiger partial charge in [0.05, 0.1) is 18.0 Å². The van der Waals surface area contributed by atoms with E-state index in [0.717, 1.165) is 24.8 Å². The lowest BCUT2D eigenvalue weighted by Gasteiger charge is -2.38. The van der Waals surface area contributed by atoms with Crippen molar-refractivity contribution in [2.45, 2.75) is 82.8 Å². The van der Waals surface area contributed by atoms with E-state index in [1.807, 2.05) is 45.0 Å². The molecule has 0 aromatic heterocycles. The molecule has 1 aliphatic carbocycles. The van der Waals surface area contributed by atoms with Crippen molar-refractivity contribution in [3.8, 4) is 6.07 Å². The number of nitrogens with zero attached hydrogens (tertiary/aromatic N) is 4. The Hall–Kier alpha value is -3.61. The SMILES string of the molecule is CN(C(=O)[C@H](CCC1CC1)N1CCOC1=O)[C@@H](CC(C)(C)C)C(=O)N1C[C@]2(C[C@H]1C#N)C(=O)Nc1ccccc12. The summed E-state index contributed by atoms with van der Waals surface area (Å²) < 4.78 is 5.16. The van der Waals surface area contributed by atoms with Gasteiger partial charge in [-0.15, -0.1) is 0 Å². The molecular formula is C30H39N5O5. The van der Waals surface area contributed by atoms with Crippen LogP contribution in [0.15, 0.2) is 24.3 Å². The molecule has 10 heteroatoms. The van der Waals surface area contributed by atoms with Crippen molar-refractivity contribution >= 4 is 29.5 Å². The van der Waals surface area contributed by atoms with Crippen LogP contribution in [-0.2, 0) is 24.5 Å². The van der Waals surface area contributed by atoms with Gasteiger partial charge in [0.2, 0.25) is 17.7 Å². The van der Waals surface area contributed by atoms with Crippen molar-refractivity contribution in [3.05, 3.63) is 29.8 Å². The predicted octanol–water partition coefficient (Wildman–Crippen LogP) is 3.28. The number of carbonyl (C=O) groups is 4. The lowest BCUT2D eigenvalue weighted by atomic mass is 9.80. The number of cyclic esters (lactones) is 1. The Kier molecular flexibility index (Phi) is 7.28. The van der Waals surface area contributed by atoms with Gasteiger partial charge in [0.25, 0.3) is 0 Å². The van der Waals surface area contributed by atoms with E-state index in [2.05, 4.69) is 11.4 Å². The number of hydrogen-bond acceptors (Lipinski definition) is 6. The highest BCUT2D eigenvalue weighted by atomic mass is 16.6. The van der Waals surface area contributed by atoms with Gasteiger partial charge in [-0.1, -0.05) is 51.8 Å². The lowest BCUT2D eigenvalue weighted by Crippen LogP contribution is -2.57. The topological polar surface area (TPSA) is 123 Å². The van der Waals surface area contributed by atoms with Crippen molar-refractivity contribution < 1.29 is 23.9 Å². The van der Waals surface area contributed by atoms with Crippen LogP contribution in [0.25, 0.3) is 0 Å². The van der Waals surface area contributed by atoms with Gasteiger partial charge in [-0.25, -0.2) is 4.79 Å². The molecule has 1 aromatic rings. The van der Waals surface area contributed by atoms with E-state index in [-0.39, 0.29) is 42.7 Å². The quantitative estimate of drug-likeness (QED) is 0.531. The molecule has 1 saturated carbocycles. The van der Waals surface area contributed by atoms with E-state index < -0.39 is 29.6 Å². The zero-order chi connectivity index (χ0) is 28.8. The van der Waals surface area contributed by atoms with Crippen LogP contribution in [0.2, 0.25) is 0 Å². The highest BCUT2D eigenvalue weighted by Crippen LogP contribution is 2.46. The van der Waals surface area contributed by atoms with Crippen LogP contribution in [0.1, 0.15) is 64.9 Å². The number of benzene rings is 1. The fraction of sp³-hybridized carbons (Fsp3) is 0.633. The van der Waals surface area contributed by atoms with Crippen LogP contribution < -0.4 is 5.32 Å². The first-order valence-electron chi connectivity index (χ1n) is 14.3. The number of hydrogen-bond donors (Lipinski definition) is 1. The third kappa shape index (κ3) is 5.14. The molecular weight excluding hydrogens is 510 g/mol. The standard InChI is InChI=1S/C30H39N5O5/c1-29(2,3)16-24(33(4)25(36)23(12-11-19-9-10-19)34-13-14-40-28(34)39)26(37)35-18-30(15-20(35)17-31)21-7-5-6-8-22(21)32-27(30)38/h5-8,19-20,23-24H,9-16,18H2,1-4H3,(H,32,38)/t20-,23-,24-,30-/m0/s1. The summed E-state index contributed by atoms with van der Waals surface area (Å²) in [5.41, 5.74) is 0.170. The molecule has 4 atom stereocenters. The van der Waals surface area contributed by atoms with Gasteiger partial charge >= 0.3 is 6.09 Å². The maximum absolute atomic E-state index is 14.3. The molecule has 4 aliphatic rings. The largest absolute Gasteiger partial charge is 0.448 e. The van der Waals surface area contributed by atoms with Crippen LogP contribution in [0, 0.1) is 22.7 Å². The third-order valence-electron chi connectivity index (χ3n) is 8.82. The second kappa shape index (κ2) is 10.4. The lowest BCUT2D eigenvalue weighted by molar-refractivity contribution is -0.148. The van der Waals surface area contributed by atoms with E-state index in [4.69, 9.17) is 4.74 Å². The van der Waals surface area contributed by atoms with E-state index in [1.54, 1.807) is 7.05 Å². The van der Waals surface area contributed by atoms with Crippen LogP contribution in [0.3, 0.4) is 0 Å². The van der Waals surface area contributed by atoms with Crippen LogP contribution in [0.5, 0.6) is 0 Å². The number of amides is 4. The summed E-state index contributed by atoms with van der Waals surface area (Å²) in [6.07, 6.45) is 3.68. The van der Waals surface area contributed by atoms with E-state index in [0.29, 0.717) is 31.0 Å². The van der Waals surface area contributed by atoms with Crippen molar-refractivity contribution in [1.29, 1.82) is 5.26 Å². The molecule has 0 radical (unpaired) electrons. The minimum atomic E-state index is -1.01. The highest BCUT2D eigenvalue weighted by Gasteiger charge is 2.57. The van der Waals surface area contributed by atoms with Gasteiger partial charge in [-0.2, -0.15) is 5.26 Å². The zero-order valence-corrected chi connectivity index (χ0v) is 23.8. The molecule has 214 valence electrons. The first-order valence-corrected chi connectivity index (χ1v) is 14.3. The highest BCUT2D eigenvalue weighted by molar-refractivity contribution is 6.07. The van der Waals surface area contributed by atoms with E-state index in [1.165, 1.54) is 14.7 Å². The molecule has 0 bridgehead atoms. The Morgan fingerprint density at radius 1 is 1.25 bits per heavy atom. The number of likely N-dealkylation sites (tertiary alicyclic amines) is 1. The van der Waals surface area contributed by atoms with Crippen molar-refractivity contribution in [2.75, 3.05) is 32.1 Å². The van der Waals surface area contributed by atoms with Gasteiger partial charge in [-0.05, 0) is 42.2 Å². The van der Waals surface area contributed by atoms with Gasteiger partial charge in [0.1, 0.15) is 24.7 Å². The minimum Gasteiger partial charge on any atom is -0.448 e. The minimum absolute atomic E-state index is 0.0686. The molecule has 1 spiro atoms. The maximum atomic E-state index is 14.3. The average Bonchev–Trinajstić information content (AvgIpc) is 3.41. The molecule has 3 aliphatic heterocycles. The molecule has 3 fully saturated rings. The Balaban J connectivity index is 1.43. The van der Waals surface area contributed by atoms with Gasteiger partial charge in [0, 0.05) is 25.7 Å².